The van der Waals surface area contributed by atoms with Crippen LogP contribution in [0.1, 0.15) is 20.8 Å². The Labute approximate surface area is 152 Å². The third-order valence-corrected chi connectivity index (χ3v) is 9.16. The van der Waals surface area contributed by atoms with Gasteiger partial charge in [-0.15, -0.1) is 6.42 Å². The minimum atomic E-state index is -2.46. The monoisotopic (exact) mass is 344 g/mol. The molecule has 0 N–H and O–H groups in total. The second-order valence-corrected chi connectivity index (χ2v) is 11.1. The van der Waals surface area contributed by atoms with Crippen molar-refractivity contribution in [3.05, 3.63) is 72.8 Å². The van der Waals surface area contributed by atoms with E-state index in [9.17, 15) is 0 Å². The SMILES string of the molecule is C#CC#C/C=C/CO[Si](c1ccccc1)(c1ccccc1)C(C)(C)C. The predicted octanol–water partition coefficient (Wildman–Crippen LogP) is 3.76. The molecule has 0 aliphatic rings. The third kappa shape index (κ3) is 4.31. The lowest BCUT2D eigenvalue weighted by molar-refractivity contribution is 0.339. The van der Waals surface area contributed by atoms with E-state index in [1.807, 2.05) is 18.2 Å². The smallest absolute Gasteiger partial charge is 0.261 e. The Hall–Kier alpha value is -2.52. The van der Waals surface area contributed by atoms with Crippen molar-refractivity contribution in [3.63, 3.8) is 0 Å². The first-order valence-electron chi connectivity index (χ1n) is 8.38. The van der Waals surface area contributed by atoms with Crippen LogP contribution in [0.3, 0.4) is 0 Å². The number of rotatable bonds is 5. The van der Waals surface area contributed by atoms with Crippen LogP contribution in [0.25, 0.3) is 0 Å². The van der Waals surface area contributed by atoms with Crippen molar-refractivity contribution < 1.29 is 4.43 Å². The molecule has 0 amide bonds. The van der Waals surface area contributed by atoms with Crippen molar-refractivity contribution in [3.8, 4) is 24.2 Å². The summed E-state index contributed by atoms with van der Waals surface area (Å²) in [6.07, 6.45) is 8.84. The Morgan fingerprint density at radius 2 is 1.48 bits per heavy atom. The van der Waals surface area contributed by atoms with E-state index in [4.69, 9.17) is 10.8 Å². The lowest BCUT2D eigenvalue weighted by atomic mass is 10.2. The molecule has 1 nitrogen and oxygen atoms in total. The van der Waals surface area contributed by atoms with Gasteiger partial charge >= 0.3 is 0 Å². The van der Waals surface area contributed by atoms with E-state index in [1.54, 1.807) is 6.08 Å². The summed E-state index contributed by atoms with van der Waals surface area (Å²) in [6.45, 7) is 7.30. The maximum Gasteiger partial charge on any atom is 0.261 e. The zero-order chi connectivity index (χ0) is 18.2. The van der Waals surface area contributed by atoms with Gasteiger partial charge in [-0.3, -0.25) is 0 Å². The minimum Gasteiger partial charge on any atom is -0.404 e. The summed E-state index contributed by atoms with van der Waals surface area (Å²) in [6, 6.07) is 21.2. The molecule has 0 bridgehead atoms. The van der Waals surface area contributed by atoms with E-state index in [1.165, 1.54) is 10.4 Å². The van der Waals surface area contributed by atoms with E-state index in [0.717, 1.165) is 0 Å². The van der Waals surface area contributed by atoms with Gasteiger partial charge in [0.1, 0.15) is 0 Å². The molecule has 0 unspecified atom stereocenters. The molecule has 0 aliphatic carbocycles. The normalized spacial score (nSPS) is 11.6. The van der Waals surface area contributed by atoms with E-state index >= 15 is 0 Å². The van der Waals surface area contributed by atoms with Crippen LogP contribution < -0.4 is 10.4 Å². The topological polar surface area (TPSA) is 9.23 Å². The first kappa shape index (κ1) is 18.8. The van der Waals surface area contributed by atoms with Crippen LogP contribution in [-0.4, -0.2) is 14.9 Å². The fourth-order valence-electron chi connectivity index (χ4n) is 3.13. The standard InChI is InChI=1S/C23H24OSi/c1-5-6-7-8-15-20-24-25(23(2,3)4,21-16-11-9-12-17-21)22-18-13-10-14-19-22/h1,8-19H,20H2,2-4H3/b15-8+. The molecule has 0 saturated heterocycles. The number of hydrogen-bond donors (Lipinski definition) is 0. The molecule has 0 radical (unpaired) electrons. The van der Waals surface area contributed by atoms with Gasteiger partial charge in [0.25, 0.3) is 8.32 Å². The van der Waals surface area contributed by atoms with Crippen LogP contribution in [0.5, 0.6) is 0 Å². The summed E-state index contributed by atoms with van der Waals surface area (Å²) in [5, 5.41) is 2.53. The van der Waals surface area contributed by atoms with Gasteiger partial charge in [-0.1, -0.05) is 93.4 Å². The highest BCUT2D eigenvalue weighted by molar-refractivity contribution is 6.99. The van der Waals surface area contributed by atoms with Gasteiger partial charge < -0.3 is 4.43 Å². The summed E-state index contributed by atoms with van der Waals surface area (Å²) in [5.74, 6) is 7.70. The molecule has 0 saturated carbocycles. The number of terminal acetylenes is 1. The molecule has 2 aromatic carbocycles. The first-order chi connectivity index (χ1) is 12.0. The van der Waals surface area contributed by atoms with E-state index in [-0.39, 0.29) is 5.04 Å². The molecule has 2 heteroatoms. The molecule has 2 aromatic rings. The average molecular weight is 345 g/mol. The highest BCUT2D eigenvalue weighted by atomic mass is 28.4. The van der Waals surface area contributed by atoms with Crippen LogP contribution >= 0.6 is 0 Å². The maximum atomic E-state index is 6.68. The molecular formula is C23H24OSi. The summed E-state index contributed by atoms with van der Waals surface area (Å²) in [4.78, 5) is 0. The molecule has 0 spiro atoms. The Balaban J connectivity index is 2.50. The summed E-state index contributed by atoms with van der Waals surface area (Å²) < 4.78 is 6.68. The van der Waals surface area contributed by atoms with Crippen molar-refractivity contribution in [1.29, 1.82) is 0 Å². The fraction of sp³-hybridized carbons (Fsp3) is 0.217. The minimum absolute atomic E-state index is 0.0198. The summed E-state index contributed by atoms with van der Waals surface area (Å²) in [7, 11) is -2.46. The first-order valence-corrected chi connectivity index (χ1v) is 10.3. The van der Waals surface area contributed by atoms with Crippen molar-refractivity contribution in [1.82, 2.24) is 0 Å². The van der Waals surface area contributed by atoms with Gasteiger partial charge in [-0.25, -0.2) is 0 Å². The molecule has 25 heavy (non-hydrogen) atoms. The van der Waals surface area contributed by atoms with Gasteiger partial charge in [0, 0.05) is 0 Å². The van der Waals surface area contributed by atoms with Gasteiger partial charge in [0.15, 0.2) is 0 Å². The van der Waals surface area contributed by atoms with E-state index in [2.05, 4.69) is 87.1 Å². The number of benzene rings is 2. The van der Waals surface area contributed by atoms with Gasteiger partial charge in [0.05, 0.1) is 6.61 Å². The third-order valence-electron chi connectivity index (χ3n) is 4.16. The second kappa shape index (κ2) is 8.54. The highest BCUT2D eigenvalue weighted by Crippen LogP contribution is 2.36. The van der Waals surface area contributed by atoms with Crippen molar-refractivity contribution >= 4 is 18.7 Å². The Morgan fingerprint density at radius 3 is 1.92 bits per heavy atom. The largest absolute Gasteiger partial charge is 0.404 e. The van der Waals surface area contributed by atoms with Gasteiger partial charge in [-0.05, 0) is 33.3 Å². The molecule has 126 valence electrons. The van der Waals surface area contributed by atoms with Crippen LogP contribution in [0, 0.1) is 24.2 Å². The van der Waals surface area contributed by atoms with Crippen molar-refractivity contribution in [2.45, 2.75) is 25.8 Å². The maximum absolute atomic E-state index is 6.68. The van der Waals surface area contributed by atoms with Crippen molar-refractivity contribution in [2.24, 2.45) is 0 Å². The van der Waals surface area contributed by atoms with Gasteiger partial charge in [-0.2, -0.15) is 0 Å². The van der Waals surface area contributed by atoms with Crippen LogP contribution in [0.15, 0.2) is 72.8 Å². The van der Waals surface area contributed by atoms with E-state index < -0.39 is 8.32 Å². The Morgan fingerprint density at radius 1 is 0.960 bits per heavy atom. The van der Waals surface area contributed by atoms with Crippen LogP contribution in [-0.2, 0) is 4.43 Å². The molecule has 0 aromatic heterocycles. The lowest BCUT2D eigenvalue weighted by Gasteiger charge is -2.42. The average Bonchev–Trinajstić information content (AvgIpc) is 2.62. The van der Waals surface area contributed by atoms with Gasteiger partial charge in [0.2, 0.25) is 0 Å². The fourth-order valence-corrected chi connectivity index (χ4v) is 7.63. The molecule has 2 rings (SSSR count). The van der Waals surface area contributed by atoms with Crippen LogP contribution in [0.2, 0.25) is 5.04 Å². The van der Waals surface area contributed by atoms with E-state index in [0.29, 0.717) is 6.61 Å². The van der Waals surface area contributed by atoms with Crippen molar-refractivity contribution in [2.75, 3.05) is 6.61 Å². The zero-order valence-electron chi connectivity index (χ0n) is 15.1. The number of hydrogen-bond acceptors (Lipinski definition) is 1. The predicted molar refractivity (Wildman–Crippen MR) is 109 cm³/mol. The molecule has 0 atom stereocenters. The van der Waals surface area contributed by atoms with Crippen LogP contribution in [0.4, 0.5) is 0 Å². The quantitative estimate of drug-likeness (QED) is 0.593. The summed E-state index contributed by atoms with van der Waals surface area (Å²) in [5.41, 5.74) is 0. The molecule has 0 heterocycles. The second-order valence-electron chi connectivity index (χ2n) is 6.79. The lowest BCUT2D eigenvalue weighted by Crippen LogP contribution is -2.66. The Kier molecular flexibility index (Phi) is 6.42. The molecule has 0 aliphatic heterocycles. The zero-order valence-corrected chi connectivity index (χ0v) is 16.1. The highest BCUT2D eigenvalue weighted by Gasteiger charge is 2.49. The summed E-state index contributed by atoms with van der Waals surface area (Å²) >= 11 is 0. The molecule has 0 fully saturated rings. The molecular weight excluding hydrogens is 320 g/mol. The Bertz CT molecular complexity index is 757. The number of allylic oxidation sites excluding steroid dienone is 1.